The van der Waals surface area contributed by atoms with Gasteiger partial charge < -0.3 is 20.1 Å². The molecule has 0 unspecified atom stereocenters. The van der Waals surface area contributed by atoms with Crippen molar-refractivity contribution in [3.63, 3.8) is 0 Å². The third-order valence-electron chi connectivity index (χ3n) is 3.87. The number of carbonyl (C=O) groups is 3. The number of benzene rings is 1. The van der Waals surface area contributed by atoms with E-state index in [1.54, 1.807) is 20.8 Å². The maximum absolute atomic E-state index is 13.1. The zero-order chi connectivity index (χ0) is 20.6. The van der Waals surface area contributed by atoms with Crippen molar-refractivity contribution in [1.82, 2.24) is 10.2 Å². The number of nitrogens with zero attached hydrogens (tertiary/aromatic N) is 1. The lowest BCUT2D eigenvalue weighted by Crippen LogP contribution is -2.53. The number of carboxylic acid groups (broad SMARTS) is 1. The molecule has 0 fully saturated rings. The Morgan fingerprint density at radius 2 is 1.78 bits per heavy atom. The predicted molar refractivity (Wildman–Crippen MR) is 102 cm³/mol. The van der Waals surface area contributed by atoms with Crippen molar-refractivity contribution in [1.29, 1.82) is 0 Å². The second-order valence-electron chi connectivity index (χ2n) is 7.45. The smallest absolute Gasteiger partial charge is 0.408 e. The van der Waals surface area contributed by atoms with Crippen LogP contribution in [-0.4, -0.2) is 45.7 Å². The first-order chi connectivity index (χ1) is 12.5. The van der Waals surface area contributed by atoms with Gasteiger partial charge in [0.25, 0.3) is 0 Å². The highest BCUT2D eigenvalue weighted by molar-refractivity contribution is 5.89. The first-order valence-electron chi connectivity index (χ1n) is 9.12. The van der Waals surface area contributed by atoms with Gasteiger partial charge in [0, 0.05) is 6.54 Å². The van der Waals surface area contributed by atoms with Gasteiger partial charge in [0.2, 0.25) is 5.91 Å². The topological polar surface area (TPSA) is 95.9 Å². The molecule has 0 heterocycles. The summed E-state index contributed by atoms with van der Waals surface area (Å²) in [5.74, 6) is -1.55. The standard InChI is InChI=1S/C20H30N2O5/c1-6-10-16(21-19(26)27-20(3,4)5)17(23)22(14(2)18(24)25)13-15-11-8-7-9-12-15/h7-9,11-12,14,16H,6,10,13H2,1-5H3,(H,21,26)(H,24,25)/t14-,16+/m0/s1. The Morgan fingerprint density at radius 3 is 2.26 bits per heavy atom. The summed E-state index contributed by atoms with van der Waals surface area (Å²) < 4.78 is 5.23. The lowest BCUT2D eigenvalue weighted by molar-refractivity contribution is -0.151. The Hall–Kier alpha value is -2.57. The number of ether oxygens (including phenoxy) is 1. The zero-order valence-corrected chi connectivity index (χ0v) is 16.7. The number of hydrogen-bond acceptors (Lipinski definition) is 4. The maximum atomic E-state index is 13.1. The van der Waals surface area contributed by atoms with Crippen molar-refractivity contribution < 1.29 is 24.2 Å². The number of rotatable bonds is 8. The van der Waals surface area contributed by atoms with Crippen LogP contribution in [-0.2, 0) is 20.9 Å². The summed E-state index contributed by atoms with van der Waals surface area (Å²) in [6.07, 6.45) is 0.333. The van der Waals surface area contributed by atoms with Gasteiger partial charge >= 0.3 is 12.1 Å². The van der Waals surface area contributed by atoms with E-state index in [4.69, 9.17) is 4.74 Å². The minimum absolute atomic E-state index is 0.142. The highest BCUT2D eigenvalue weighted by Crippen LogP contribution is 2.14. The van der Waals surface area contributed by atoms with E-state index in [0.717, 1.165) is 5.56 Å². The van der Waals surface area contributed by atoms with Crippen LogP contribution in [0.2, 0.25) is 0 Å². The summed E-state index contributed by atoms with van der Waals surface area (Å²) in [6.45, 7) is 8.69. The van der Waals surface area contributed by atoms with Gasteiger partial charge in [-0.15, -0.1) is 0 Å². The van der Waals surface area contributed by atoms with E-state index in [-0.39, 0.29) is 6.54 Å². The molecule has 0 radical (unpaired) electrons. The zero-order valence-electron chi connectivity index (χ0n) is 16.7. The van der Waals surface area contributed by atoms with Crippen molar-refractivity contribution >= 4 is 18.0 Å². The van der Waals surface area contributed by atoms with E-state index in [2.05, 4.69) is 5.32 Å². The third kappa shape index (κ3) is 7.68. The molecule has 7 nitrogen and oxygen atoms in total. The van der Waals surface area contributed by atoms with Crippen LogP contribution >= 0.6 is 0 Å². The van der Waals surface area contributed by atoms with Crippen molar-refractivity contribution in [3.05, 3.63) is 35.9 Å². The highest BCUT2D eigenvalue weighted by Gasteiger charge is 2.32. The second-order valence-corrected chi connectivity index (χ2v) is 7.45. The minimum Gasteiger partial charge on any atom is -0.480 e. The molecule has 0 saturated heterocycles. The van der Waals surface area contributed by atoms with E-state index in [1.807, 2.05) is 37.3 Å². The molecule has 7 heteroatoms. The molecule has 0 aliphatic rings. The molecule has 27 heavy (non-hydrogen) atoms. The molecule has 2 N–H and O–H groups in total. The molecule has 2 amide bonds. The van der Waals surface area contributed by atoms with Crippen molar-refractivity contribution in [3.8, 4) is 0 Å². The lowest BCUT2D eigenvalue weighted by atomic mass is 10.1. The van der Waals surface area contributed by atoms with Gasteiger partial charge in [0.05, 0.1) is 0 Å². The van der Waals surface area contributed by atoms with Gasteiger partial charge in [-0.25, -0.2) is 9.59 Å². The number of alkyl carbamates (subject to hydrolysis) is 1. The Morgan fingerprint density at radius 1 is 1.19 bits per heavy atom. The maximum Gasteiger partial charge on any atom is 0.408 e. The monoisotopic (exact) mass is 378 g/mol. The van der Waals surface area contributed by atoms with E-state index in [1.165, 1.54) is 11.8 Å². The van der Waals surface area contributed by atoms with Crippen LogP contribution in [0.15, 0.2) is 30.3 Å². The van der Waals surface area contributed by atoms with Gasteiger partial charge in [-0.3, -0.25) is 4.79 Å². The minimum atomic E-state index is -1.10. The van der Waals surface area contributed by atoms with E-state index >= 15 is 0 Å². The number of aliphatic carboxylic acids is 1. The van der Waals surface area contributed by atoms with E-state index in [9.17, 15) is 19.5 Å². The quantitative estimate of drug-likeness (QED) is 0.724. The molecule has 1 aromatic rings. The fraction of sp³-hybridized carbons (Fsp3) is 0.550. The summed E-state index contributed by atoms with van der Waals surface area (Å²) >= 11 is 0. The van der Waals surface area contributed by atoms with E-state index < -0.39 is 35.7 Å². The summed E-state index contributed by atoms with van der Waals surface area (Å²) in [5.41, 5.74) is 0.119. The van der Waals surface area contributed by atoms with Gasteiger partial charge in [0.1, 0.15) is 17.7 Å². The Balaban J connectivity index is 3.02. The summed E-state index contributed by atoms with van der Waals surface area (Å²) in [6, 6.07) is 7.27. The average Bonchev–Trinajstić information content (AvgIpc) is 2.57. The number of amides is 2. The largest absolute Gasteiger partial charge is 0.480 e. The molecule has 0 saturated carbocycles. The lowest BCUT2D eigenvalue weighted by Gasteiger charge is -2.31. The summed E-state index contributed by atoms with van der Waals surface area (Å²) in [7, 11) is 0. The van der Waals surface area contributed by atoms with Crippen LogP contribution in [0.4, 0.5) is 4.79 Å². The molecule has 1 rings (SSSR count). The average molecular weight is 378 g/mol. The van der Waals surface area contributed by atoms with Crippen LogP contribution in [0, 0.1) is 0 Å². The molecular formula is C20H30N2O5. The molecule has 0 aliphatic heterocycles. The van der Waals surface area contributed by atoms with Gasteiger partial charge in [-0.1, -0.05) is 43.7 Å². The number of carboxylic acids is 1. The first-order valence-corrected chi connectivity index (χ1v) is 9.12. The fourth-order valence-electron chi connectivity index (χ4n) is 2.52. The van der Waals surface area contributed by atoms with Crippen LogP contribution in [0.5, 0.6) is 0 Å². The molecule has 150 valence electrons. The Labute approximate surface area is 160 Å². The predicted octanol–water partition coefficient (Wildman–Crippen LogP) is 3.18. The van der Waals surface area contributed by atoms with Crippen molar-refractivity contribution in [2.75, 3.05) is 0 Å². The number of carbonyl (C=O) groups excluding carboxylic acids is 2. The van der Waals surface area contributed by atoms with Crippen LogP contribution < -0.4 is 5.32 Å². The molecule has 0 aromatic heterocycles. The molecule has 1 aromatic carbocycles. The third-order valence-corrected chi connectivity index (χ3v) is 3.87. The normalized spacial score (nSPS) is 13.4. The van der Waals surface area contributed by atoms with Crippen LogP contribution in [0.25, 0.3) is 0 Å². The van der Waals surface area contributed by atoms with Gasteiger partial charge in [0.15, 0.2) is 0 Å². The van der Waals surface area contributed by atoms with E-state index in [0.29, 0.717) is 12.8 Å². The molecule has 0 spiro atoms. The Bertz CT molecular complexity index is 640. The van der Waals surface area contributed by atoms with Crippen LogP contribution in [0.1, 0.15) is 53.0 Å². The molecule has 2 atom stereocenters. The van der Waals surface area contributed by atoms with Crippen molar-refractivity contribution in [2.24, 2.45) is 0 Å². The SMILES string of the molecule is CCC[C@@H](NC(=O)OC(C)(C)C)C(=O)N(Cc1ccccc1)[C@@H](C)C(=O)O. The summed E-state index contributed by atoms with van der Waals surface area (Å²) in [4.78, 5) is 38.0. The Kier molecular flexibility index (Phi) is 8.28. The molecule has 0 aliphatic carbocycles. The summed E-state index contributed by atoms with van der Waals surface area (Å²) in [5, 5.41) is 12.0. The van der Waals surface area contributed by atoms with Crippen LogP contribution in [0.3, 0.4) is 0 Å². The number of hydrogen-bond donors (Lipinski definition) is 2. The highest BCUT2D eigenvalue weighted by atomic mass is 16.6. The number of nitrogens with one attached hydrogen (secondary N) is 1. The molecule has 0 bridgehead atoms. The van der Waals surface area contributed by atoms with Crippen molar-refractivity contribution in [2.45, 2.75) is 71.7 Å². The first kappa shape index (κ1) is 22.5. The van der Waals surface area contributed by atoms with Gasteiger partial charge in [-0.05, 0) is 39.7 Å². The second kappa shape index (κ2) is 9.94. The molecular weight excluding hydrogens is 348 g/mol. The fourth-order valence-corrected chi connectivity index (χ4v) is 2.52. The van der Waals surface area contributed by atoms with Gasteiger partial charge in [-0.2, -0.15) is 0 Å².